The average molecular weight is 133 g/mol. The van der Waals surface area contributed by atoms with Gasteiger partial charge in [-0.15, -0.1) is 0 Å². The van der Waals surface area contributed by atoms with E-state index in [1.54, 1.807) is 0 Å². The molecule has 0 saturated heterocycles. The lowest BCUT2D eigenvalue weighted by Gasteiger charge is -2.17. The third-order valence-corrected chi connectivity index (χ3v) is 1.59. The van der Waals surface area contributed by atoms with Crippen LogP contribution < -0.4 is 0 Å². The van der Waals surface area contributed by atoms with E-state index >= 15 is 0 Å². The van der Waals surface area contributed by atoms with E-state index in [1.165, 1.54) is 12.8 Å². The van der Waals surface area contributed by atoms with Crippen molar-refractivity contribution in [2.75, 3.05) is 14.1 Å². The molecule has 0 radical (unpaired) electrons. The molecule has 0 aliphatic heterocycles. The van der Waals surface area contributed by atoms with Crippen LogP contribution in [0.5, 0.6) is 0 Å². The first-order chi connectivity index (χ1) is 3.68. The summed E-state index contributed by atoms with van der Waals surface area (Å²) in [7, 11) is 4.25. The number of rotatable bonds is 3. The van der Waals surface area contributed by atoms with Crippen LogP contribution in [0.15, 0.2) is 0 Å². The maximum Gasteiger partial charge on any atom is 0.00607 e. The fourth-order valence-electron chi connectivity index (χ4n) is 0.676. The number of hydrogen-bond donors (Lipinski definition) is 0. The third kappa shape index (κ3) is 5.80. The van der Waals surface area contributed by atoms with Gasteiger partial charge in [0.2, 0.25) is 0 Å². The summed E-state index contributed by atoms with van der Waals surface area (Å²) in [6.07, 6.45) is 2.60. The van der Waals surface area contributed by atoms with E-state index in [9.17, 15) is 0 Å². The summed E-state index contributed by atoms with van der Waals surface area (Å²) in [5.74, 6) is 0. The van der Waals surface area contributed by atoms with E-state index < -0.39 is 0 Å². The monoisotopic (exact) mass is 133 g/mol. The van der Waals surface area contributed by atoms with Crippen molar-refractivity contribution >= 4 is 0 Å². The fourth-order valence-corrected chi connectivity index (χ4v) is 0.676. The van der Waals surface area contributed by atoms with Crippen molar-refractivity contribution in [1.29, 1.82) is 0 Å². The summed E-state index contributed by atoms with van der Waals surface area (Å²) in [5, 5.41) is 0. The van der Waals surface area contributed by atoms with E-state index in [0.29, 0.717) is 0 Å². The molecule has 0 aromatic heterocycles. The molecule has 0 aromatic carbocycles. The van der Waals surface area contributed by atoms with Gasteiger partial charge in [-0.25, -0.2) is 0 Å². The molecule has 0 bridgehead atoms. The highest BCUT2D eigenvalue weighted by Crippen LogP contribution is 1.99. The molecule has 2 nitrogen and oxygen atoms in total. The van der Waals surface area contributed by atoms with E-state index in [4.69, 9.17) is 0 Å². The van der Waals surface area contributed by atoms with Crippen LogP contribution in [0.2, 0.25) is 0 Å². The molecule has 0 amide bonds. The van der Waals surface area contributed by atoms with Crippen LogP contribution in [0.3, 0.4) is 0 Å². The Morgan fingerprint density at radius 3 is 1.89 bits per heavy atom. The summed E-state index contributed by atoms with van der Waals surface area (Å²) in [4.78, 5) is 2.25. The van der Waals surface area contributed by atoms with Crippen LogP contribution in [0, 0.1) is 0 Å². The van der Waals surface area contributed by atoms with E-state index in [-0.39, 0.29) is 5.48 Å². The molecule has 1 unspecified atom stereocenters. The molecule has 0 heterocycles. The minimum absolute atomic E-state index is 0. The van der Waals surface area contributed by atoms with Crippen molar-refractivity contribution in [3.8, 4) is 0 Å². The van der Waals surface area contributed by atoms with Crippen LogP contribution in [-0.4, -0.2) is 30.5 Å². The lowest BCUT2D eigenvalue weighted by molar-refractivity contribution is 0.297. The topological polar surface area (TPSA) is 34.7 Å². The predicted octanol–water partition coefficient (Wildman–Crippen LogP) is 0.912. The standard InChI is InChI=1S/C7H17N.H2O/c1-5-6-7(2)8(3)4;/h7H,5-6H2,1-4H3;1H2. The predicted molar refractivity (Wildman–Crippen MR) is 41.7 cm³/mol. The molecule has 9 heavy (non-hydrogen) atoms. The molecule has 0 aliphatic carbocycles. The van der Waals surface area contributed by atoms with Crippen molar-refractivity contribution < 1.29 is 5.48 Å². The Bertz CT molecular complexity index is 54.9. The molecule has 0 fully saturated rings. The number of hydrogen-bond acceptors (Lipinski definition) is 1. The van der Waals surface area contributed by atoms with Crippen LogP contribution >= 0.6 is 0 Å². The zero-order valence-corrected chi connectivity index (χ0v) is 6.94. The average Bonchev–Trinajstić information content (AvgIpc) is 1.67. The van der Waals surface area contributed by atoms with Crippen LogP contribution in [-0.2, 0) is 0 Å². The maximum absolute atomic E-state index is 2.25. The Hall–Kier alpha value is -0.0800. The van der Waals surface area contributed by atoms with Gasteiger partial charge in [0.05, 0.1) is 0 Å². The molecule has 0 aromatic rings. The SMILES string of the molecule is CCCC(C)N(C)C.O. The zero-order valence-electron chi connectivity index (χ0n) is 6.94. The smallest absolute Gasteiger partial charge is 0.00607 e. The normalized spacial score (nSPS) is 13.0. The van der Waals surface area contributed by atoms with Gasteiger partial charge in [-0.05, 0) is 27.4 Å². The largest absolute Gasteiger partial charge is 0.412 e. The van der Waals surface area contributed by atoms with Gasteiger partial charge in [0.15, 0.2) is 0 Å². The summed E-state index contributed by atoms with van der Waals surface area (Å²) in [6.45, 7) is 4.48. The lowest BCUT2D eigenvalue weighted by atomic mass is 10.2. The first-order valence-corrected chi connectivity index (χ1v) is 3.35. The van der Waals surface area contributed by atoms with E-state index in [2.05, 4.69) is 32.8 Å². The first kappa shape index (κ1) is 11.7. The van der Waals surface area contributed by atoms with Crippen LogP contribution in [0.1, 0.15) is 26.7 Å². The Kier molecular flexibility index (Phi) is 7.85. The molecule has 1 atom stereocenters. The van der Waals surface area contributed by atoms with Gasteiger partial charge in [0.1, 0.15) is 0 Å². The molecule has 0 rings (SSSR count). The fraction of sp³-hybridized carbons (Fsp3) is 1.00. The van der Waals surface area contributed by atoms with Gasteiger partial charge in [-0.2, -0.15) is 0 Å². The number of nitrogens with zero attached hydrogens (tertiary/aromatic N) is 1. The first-order valence-electron chi connectivity index (χ1n) is 3.35. The molecule has 0 spiro atoms. The van der Waals surface area contributed by atoms with Crippen molar-refractivity contribution in [3.63, 3.8) is 0 Å². The third-order valence-electron chi connectivity index (χ3n) is 1.59. The summed E-state index contributed by atoms with van der Waals surface area (Å²) < 4.78 is 0. The minimum atomic E-state index is 0. The van der Waals surface area contributed by atoms with Crippen molar-refractivity contribution in [2.45, 2.75) is 32.7 Å². The second-order valence-electron chi connectivity index (χ2n) is 2.60. The Balaban J connectivity index is 0. The molecular formula is C7H19NO. The van der Waals surface area contributed by atoms with Gasteiger partial charge >= 0.3 is 0 Å². The van der Waals surface area contributed by atoms with Crippen molar-refractivity contribution in [3.05, 3.63) is 0 Å². The lowest BCUT2D eigenvalue weighted by Crippen LogP contribution is -2.23. The van der Waals surface area contributed by atoms with Crippen molar-refractivity contribution in [2.24, 2.45) is 0 Å². The zero-order chi connectivity index (χ0) is 6.57. The Labute approximate surface area is 58.2 Å². The minimum Gasteiger partial charge on any atom is -0.412 e. The molecule has 2 heteroatoms. The van der Waals surface area contributed by atoms with Gasteiger partial charge in [-0.3, -0.25) is 0 Å². The van der Waals surface area contributed by atoms with Gasteiger partial charge in [0, 0.05) is 6.04 Å². The Morgan fingerprint density at radius 2 is 1.78 bits per heavy atom. The molecule has 58 valence electrons. The highest BCUT2D eigenvalue weighted by molar-refractivity contribution is 4.56. The van der Waals surface area contributed by atoms with Gasteiger partial charge in [0.25, 0.3) is 0 Å². The quantitative estimate of drug-likeness (QED) is 0.563. The van der Waals surface area contributed by atoms with Crippen LogP contribution in [0.4, 0.5) is 0 Å². The summed E-state index contributed by atoms with van der Waals surface area (Å²) in [5.41, 5.74) is 0. The highest BCUT2D eigenvalue weighted by atomic mass is 16.0. The second-order valence-corrected chi connectivity index (χ2v) is 2.60. The molecule has 2 N–H and O–H groups in total. The van der Waals surface area contributed by atoms with E-state index in [0.717, 1.165) is 6.04 Å². The summed E-state index contributed by atoms with van der Waals surface area (Å²) in [6, 6.07) is 0.750. The van der Waals surface area contributed by atoms with Gasteiger partial charge < -0.3 is 10.4 Å². The molecule has 0 aliphatic rings. The molecular weight excluding hydrogens is 114 g/mol. The second kappa shape index (κ2) is 6.05. The molecule has 0 saturated carbocycles. The van der Waals surface area contributed by atoms with Gasteiger partial charge in [-0.1, -0.05) is 13.3 Å². The van der Waals surface area contributed by atoms with Crippen LogP contribution in [0.25, 0.3) is 0 Å². The van der Waals surface area contributed by atoms with Crippen molar-refractivity contribution in [1.82, 2.24) is 4.90 Å². The van der Waals surface area contributed by atoms with E-state index in [1.807, 2.05) is 0 Å². The Morgan fingerprint density at radius 1 is 1.33 bits per heavy atom. The summed E-state index contributed by atoms with van der Waals surface area (Å²) >= 11 is 0. The maximum atomic E-state index is 2.25. The highest BCUT2D eigenvalue weighted by Gasteiger charge is 1.99.